The molecule has 1 aromatic rings. The second-order valence-corrected chi connectivity index (χ2v) is 5.44. The number of anilines is 1. The Morgan fingerprint density at radius 1 is 1.29 bits per heavy atom. The summed E-state index contributed by atoms with van der Waals surface area (Å²) in [6.45, 7) is 2.82. The molecule has 3 heterocycles. The van der Waals surface area contributed by atoms with Crippen molar-refractivity contribution in [2.45, 2.75) is 12.8 Å². The van der Waals surface area contributed by atoms with Crippen LogP contribution in [0.4, 0.5) is 5.95 Å². The van der Waals surface area contributed by atoms with Crippen LogP contribution in [0.1, 0.15) is 12.8 Å². The Kier molecular flexibility index (Phi) is 3.98. The molecule has 1 N–H and O–H groups in total. The molecule has 0 radical (unpaired) electrons. The maximum Gasteiger partial charge on any atom is 0.239 e. The van der Waals surface area contributed by atoms with Crippen molar-refractivity contribution in [1.82, 2.24) is 20.2 Å². The first kappa shape index (κ1) is 13.8. The summed E-state index contributed by atoms with van der Waals surface area (Å²) in [5, 5.41) is 2.74. The number of amides is 2. The summed E-state index contributed by atoms with van der Waals surface area (Å²) in [7, 11) is 0. The van der Waals surface area contributed by atoms with Crippen molar-refractivity contribution in [3.63, 3.8) is 0 Å². The van der Waals surface area contributed by atoms with Crippen molar-refractivity contribution >= 4 is 17.8 Å². The number of carbonyl (C=O) groups is 2. The van der Waals surface area contributed by atoms with E-state index in [-0.39, 0.29) is 24.3 Å². The molecule has 3 rings (SSSR count). The Morgan fingerprint density at radius 3 is 2.86 bits per heavy atom. The van der Waals surface area contributed by atoms with Gasteiger partial charge in [0.25, 0.3) is 0 Å². The lowest BCUT2D eigenvalue weighted by Crippen LogP contribution is -2.53. The standard InChI is InChI=1S/C14H19N5O2/c20-12-10-18(8-6-15-12)13(21)11-3-1-7-19(9-11)14-16-4-2-5-17-14/h2,4-5,11H,1,3,6-10H2,(H,15,20)/t11-/m0/s1. The lowest BCUT2D eigenvalue weighted by Gasteiger charge is -2.36. The minimum absolute atomic E-state index is 0.0745. The molecule has 7 heteroatoms. The number of hydrogen-bond donors (Lipinski definition) is 1. The molecule has 0 saturated carbocycles. The van der Waals surface area contributed by atoms with Gasteiger partial charge in [0, 0.05) is 38.6 Å². The lowest BCUT2D eigenvalue weighted by molar-refractivity contribution is -0.141. The van der Waals surface area contributed by atoms with Crippen LogP contribution in [0.15, 0.2) is 18.5 Å². The van der Waals surface area contributed by atoms with Gasteiger partial charge < -0.3 is 15.1 Å². The molecule has 1 atom stereocenters. The second-order valence-electron chi connectivity index (χ2n) is 5.44. The van der Waals surface area contributed by atoms with Crippen LogP contribution in [-0.2, 0) is 9.59 Å². The van der Waals surface area contributed by atoms with E-state index in [0.717, 1.165) is 19.4 Å². The van der Waals surface area contributed by atoms with Crippen molar-refractivity contribution < 1.29 is 9.59 Å². The average Bonchev–Trinajstić information content (AvgIpc) is 2.55. The van der Waals surface area contributed by atoms with E-state index in [4.69, 9.17) is 0 Å². The molecule has 21 heavy (non-hydrogen) atoms. The van der Waals surface area contributed by atoms with Gasteiger partial charge in [-0.1, -0.05) is 0 Å². The van der Waals surface area contributed by atoms with Crippen molar-refractivity contribution in [2.75, 3.05) is 37.6 Å². The van der Waals surface area contributed by atoms with Crippen LogP contribution in [0.3, 0.4) is 0 Å². The fourth-order valence-electron chi connectivity index (χ4n) is 2.90. The molecule has 2 aliphatic heterocycles. The van der Waals surface area contributed by atoms with Crippen molar-refractivity contribution in [1.29, 1.82) is 0 Å². The number of piperazine rings is 1. The number of nitrogens with zero attached hydrogens (tertiary/aromatic N) is 4. The van der Waals surface area contributed by atoms with E-state index in [1.807, 2.05) is 0 Å². The van der Waals surface area contributed by atoms with Crippen molar-refractivity contribution in [3.8, 4) is 0 Å². The average molecular weight is 289 g/mol. The summed E-state index contributed by atoms with van der Waals surface area (Å²) in [6, 6.07) is 1.78. The summed E-state index contributed by atoms with van der Waals surface area (Å²) in [5.74, 6) is 0.596. The van der Waals surface area contributed by atoms with E-state index >= 15 is 0 Å². The maximum atomic E-state index is 12.6. The number of piperidine rings is 1. The van der Waals surface area contributed by atoms with Crippen molar-refractivity contribution in [3.05, 3.63) is 18.5 Å². The highest BCUT2D eigenvalue weighted by Gasteiger charge is 2.32. The van der Waals surface area contributed by atoms with Gasteiger partial charge in [-0.15, -0.1) is 0 Å². The molecule has 2 amide bonds. The molecule has 1 aromatic heterocycles. The number of aromatic nitrogens is 2. The predicted octanol–water partition coefficient (Wildman–Crippen LogP) is -0.349. The molecule has 0 bridgehead atoms. The highest BCUT2D eigenvalue weighted by Crippen LogP contribution is 2.22. The van der Waals surface area contributed by atoms with E-state index < -0.39 is 0 Å². The third-order valence-corrected chi connectivity index (χ3v) is 3.96. The third-order valence-electron chi connectivity index (χ3n) is 3.96. The van der Waals surface area contributed by atoms with E-state index in [2.05, 4.69) is 20.2 Å². The summed E-state index contributed by atoms with van der Waals surface area (Å²) in [5.41, 5.74) is 0. The smallest absolute Gasteiger partial charge is 0.239 e. The Bertz CT molecular complexity index is 521. The molecule has 2 saturated heterocycles. The van der Waals surface area contributed by atoms with Gasteiger partial charge in [0.05, 0.1) is 12.5 Å². The fourth-order valence-corrected chi connectivity index (χ4v) is 2.90. The molecule has 0 aromatic carbocycles. The Hall–Kier alpha value is -2.18. The molecule has 0 unspecified atom stereocenters. The zero-order valence-corrected chi connectivity index (χ0v) is 11.9. The SMILES string of the molecule is O=C1CN(C(=O)[C@H]2CCCN(c3ncccn3)C2)CCN1. The van der Waals surface area contributed by atoms with E-state index in [1.165, 1.54) is 0 Å². The van der Waals surface area contributed by atoms with Crippen LogP contribution in [0.2, 0.25) is 0 Å². The van der Waals surface area contributed by atoms with Gasteiger partial charge >= 0.3 is 0 Å². The number of nitrogens with one attached hydrogen (secondary N) is 1. The quantitative estimate of drug-likeness (QED) is 0.805. The molecule has 0 spiro atoms. The summed E-state index contributed by atoms with van der Waals surface area (Å²) >= 11 is 0. The summed E-state index contributed by atoms with van der Waals surface area (Å²) < 4.78 is 0. The van der Waals surface area contributed by atoms with Crippen LogP contribution in [0, 0.1) is 5.92 Å². The topological polar surface area (TPSA) is 78.4 Å². The van der Waals surface area contributed by atoms with Crippen LogP contribution in [-0.4, -0.2) is 59.4 Å². The number of rotatable bonds is 2. The first-order chi connectivity index (χ1) is 10.2. The zero-order chi connectivity index (χ0) is 14.7. The van der Waals surface area contributed by atoms with Gasteiger partial charge in [-0.05, 0) is 18.9 Å². The van der Waals surface area contributed by atoms with Gasteiger partial charge in [-0.25, -0.2) is 9.97 Å². The molecule has 0 aliphatic carbocycles. The van der Waals surface area contributed by atoms with E-state index in [0.29, 0.717) is 25.6 Å². The maximum absolute atomic E-state index is 12.6. The minimum Gasteiger partial charge on any atom is -0.353 e. The lowest BCUT2D eigenvalue weighted by atomic mass is 9.96. The van der Waals surface area contributed by atoms with E-state index in [1.54, 1.807) is 23.4 Å². The molecule has 2 fully saturated rings. The normalized spacial score (nSPS) is 22.9. The first-order valence-corrected chi connectivity index (χ1v) is 7.31. The monoisotopic (exact) mass is 289 g/mol. The largest absolute Gasteiger partial charge is 0.353 e. The van der Waals surface area contributed by atoms with Gasteiger partial charge in [0.2, 0.25) is 17.8 Å². The third kappa shape index (κ3) is 3.12. The van der Waals surface area contributed by atoms with Gasteiger partial charge in [0.15, 0.2) is 0 Å². The Balaban J connectivity index is 1.65. The van der Waals surface area contributed by atoms with Crippen molar-refractivity contribution in [2.24, 2.45) is 5.92 Å². The minimum atomic E-state index is -0.0755. The van der Waals surface area contributed by atoms with Crippen LogP contribution in [0.25, 0.3) is 0 Å². The van der Waals surface area contributed by atoms with Gasteiger partial charge in [-0.2, -0.15) is 0 Å². The van der Waals surface area contributed by atoms with Crippen LogP contribution < -0.4 is 10.2 Å². The summed E-state index contributed by atoms with van der Waals surface area (Å²) in [4.78, 5) is 36.2. The highest BCUT2D eigenvalue weighted by molar-refractivity contribution is 5.87. The van der Waals surface area contributed by atoms with Crippen LogP contribution >= 0.6 is 0 Å². The molecular weight excluding hydrogens is 270 g/mol. The molecule has 7 nitrogen and oxygen atoms in total. The highest BCUT2D eigenvalue weighted by atomic mass is 16.2. The molecule has 2 aliphatic rings. The molecule has 112 valence electrons. The summed E-state index contributed by atoms with van der Waals surface area (Å²) in [6.07, 6.45) is 5.22. The number of hydrogen-bond acceptors (Lipinski definition) is 5. The van der Waals surface area contributed by atoms with Gasteiger partial charge in [0.1, 0.15) is 0 Å². The van der Waals surface area contributed by atoms with E-state index in [9.17, 15) is 9.59 Å². The second kappa shape index (κ2) is 6.07. The zero-order valence-electron chi connectivity index (χ0n) is 11.9. The van der Waals surface area contributed by atoms with Crippen LogP contribution in [0.5, 0.6) is 0 Å². The Labute approximate surface area is 123 Å². The number of carbonyl (C=O) groups excluding carboxylic acids is 2. The Morgan fingerprint density at radius 2 is 2.10 bits per heavy atom. The molecular formula is C14H19N5O2. The fraction of sp³-hybridized carbons (Fsp3) is 0.571. The first-order valence-electron chi connectivity index (χ1n) is 7.31. The predicted molar refractivity (Wildman–Crippen MR) is 76.6 cm³/mol. The van der Waals surface area contributed by atoms with Gasteiger partial charge in [-0.3, -0.25) is 9.59 Å².